The Kier molecular flexibility index (Phi) is 4.14. The number of carbonyl (C=O) groups is 2. The molecule has 128 valence electrons. The van der Waals surface area contributed by atoms with E-state index in [0.717, 1.165) is 11.1 Å². The number of hydrogen-bond acceptors (Lipinski definition) is 5. The first-order chi connectivity index (χ1) is 12.6. The van der Waals surface area contributed by atoms with Crippen LogP contribution in [0.25, 0.3) is 6.08 Å². The predicted octanol–water partition coefficient (Wildman–Crippen LogP) is 4.89. The van der Waals surface area contributed by atoms with Crippen molar-refractivity contribution in [2.24, 2.45) is 0 Å². The fraction of sp³-hybridized carbons (Fsp3) is 0.0476. The summed E-state index contributed by atoms with van der Waals surface area (Å²) in [6, 6.07) is 16.0. The average Bonchev–Trinajstić information content (AvgIpc) is 3.26. The fourth-order valence-electron chi connectivity index (χ4n) is 2.67. The van der Waals surface area contributed by atoms with E-state index in [2.05, 4.69) is 0 Å². The summed E-state index contributed by atoms with van der Waals surface area (Å²) in [5, 5.41) is 1.81. The molecule has 0 bridgehead atoms. The molecule has 2 heterocycles. The van der Waals surface area contributed by atoms with Crippen molar-refractivity contribution in [1.82, 2.24) is 0 Å². The van der Waals surface area contributed by atoms with Crippen LogP contribution >= 0.6 is 11.3 Å². The van der Waals surface area contributed by atoms with E-state index in [1.165, 1.54) is 11.3 Å². The standard InChI is InChI=1S/C21H14O4S/c1-13-5-2-3-6-14(13)11-18-20(22)16-9-8-15(12-17(16)25-18)24-21(23)19-7-4-10-26-19/h2-12H,1H3/b18-11-. The molecule has 0 N–H and O–H groups in total. The molecule has 1 aliphatic rings. The number of fused-ring (bicyclic) bond motifs is 1. The zero-order chi connectivity index (χ0) is 18.1. The number of benzene rings is 2. The van der Waals surface area contributed by atoms with Gasteiger partial charge in [-0.2, -0.15) is 0 Å². The topological polar surface area (TPSA) is 52.6 Å². The largest absolute Gasteiger partial charge is 0.452 e. The van der Waals surface area contributed by atoms with Gasteiger partial charge in [0.2, 0.25) is 5.78 Å². The van der Waals surface area contributed by atoms with Gasteiger partial charge in [0, 0.05) is 6.07 Å². The SMILES string of the molecule is Cc1ccccc1/C=C1\Oc2cc(OC(=O)c3cccs3)ccc2C1=O. The summed E-state index contributed by atoms with van der Waals surface area (Å²) in [7, 11) is 0. The second-order valence-corrected chi connectivity index (χ2v) is 6.77. The van der Waals surface area contributed by atoms with Crippen LogP contribution in [0.4, 0.5) is 0 Å². The summed E-state index contributed by atoms with van der Waals surface area (Å²) in [5.41, 5.74) is 2.44. The van der Waals surface area contributed by atoms with Crippen LogP contribution < -0.4 is 9.47 Å². The Morgan fingerprint density at radius 1 is 1.12 bits per heavy atom. The number of thiophene rings is 1. The highest BCUT2D eigenvalue weighted by Gasteiger charge is 2.28. The molecule has 0 aliphatic carbocycles. The Bertz CT molecular complexity index is 1030. The van der Waals surface area contributed by atoms with Crippen molar-refractivity contribution in [2.45, 2.75) is 6.92 Å². The third kappa shape index (κ3) is 3.05. The van der Waals surface area contributed by atoms with E-state index in [1.807, 2.05) is 36.6 Å². The molecule has 1 aromatic heterocycles. The van der Waals surface area contributed by atoms with Crippen LogP contribution in [0, 0.1) is 6.92 Å². The molecule has 4 rings (SSSR count). The molecule has 0 saturated carbocycles. The third-order valence-electron chi connectivity index (χ3n) is 4.05. The maximum absolute atomic E-state index is 12.5. The molecule has 0 unspecified atom stereocenters. The molecule has 4 nitrogen and oxygen atoms in total. The molecule has 0 saturated heterocycles. The lowest BCUT2D eigenvalue weighted by atomic mass is 10.1. The summed E-state index contributed by atoms with van der Waals surface area (Å²) in [6.45, 7) is 1.97. The fourth-order valence-corrected chi connectivity index (χ4v) is 3.27. The first-order valence-corrected chi connectivity index (χ1v) is 8.89. The van der Waals surface area contributed by atoms with Crippen molar-refractivity contribution in [3.63, 3.8) is 0 Å². The lowest BCUT2D eigenvalue weighted by Crippen LogP contribution is -2.06. The first kappa shape index (κ1) is 16.3. The summed E-state index contributed by atoms with van der Waals surface area (Å²) < 4.78 is 11.1. The molecule has 0 amide bonds. The van der Waals surface area contributed by atoms with Gasteiger partial charge in [-0.1, -0.05) is 30.3 Å². The van der Waals surface area contributed by atoms with Crippen LogP contribution in [0.15, 0.2) is 65.7 Å². The van der Waals surface area contributed by atoms with E-state index < -0.39 is 5.97 Å². The summed E-state index contributed by atoms with van der Waals surface area (Å²) >= 11 is 1.31. The molecule has 0 radical (unpaired) electrons. The van der Waals surface area contributed by atoms with Crippen LogP contribution in [0.3, 0.4) is 0 Å². The highest BCUT2D eigenvalue weighted by atomic mass is 32.1. The molecule has 1 aliphatic heterocycles. The highest BCUT2D eigenvalue weighted by Crippen LogP contribution is 2.35. The predicted molar refractivity (Wildman–Crippen MR) is 99.8 cm³/mol. The third-order valence-corrected chi connectivity index (χ3v) is 4.90. The number of ketones is 1. The molecule has 3 aromatic rings. The average molecular weight is 362 g/mol. The Morgan fingerprint density at radius 3 is 2.73 bits per heavy atom. The number of Topliss-reactive ketones (excluding diaryl/α,β-unsaturated/α-hetero) is 1. The van der Waals surface area contributed by atoms with Gasteiger partial charge in [-0.05, 0) is 47.7 Å². The smallest absolute Gasteiger partial charge is 0.353 e. The van der Waals surface area contributed by atoms with Crippen LogP contribution in [-0.2, 0) is 0 Å². The zero-order valence-electron chi connectivity index (χ0n) is 13.9. The summed E-state index contributed by atoms with van der Waals surface area (Å²) in [6.07, 6.45) is 1.73. The molecule has 5 heteroatoms. The second-order valence-electron chi connectivity index (χ2n) is 5.82. The lowest BCUT2D eigenvalue weighted by molar-refractivity contribution is 0.0739. The van der Waals surface area contributed by atoms with Gasteiger partial charge in [0.15, 0.2) is 5.76 Å². The Balaban J connectivity index is 1.59. The van der Waals surface area contributed by atoms with Crippen LogP contribution in [-0.4, -0.2) is 11.8 Å². The van der Waals surface area contributed by atoms with E-state index in [0.29, 0.717) is 21.9 Å². The molecule has 2 aromatic carbocycles. The van der Waals surface area contributed by atoms with Crippen LogP contribution in [0.2, 0.25) is 0 Å². The van der Waals surface area contributed by atoms with E-state index in [4.69, 9.17) is 9.47 Å². The van der Waals surface area contributed by atoms with Crippen molar-refractivity contribution in [3.8, 4) is 11.5 Å². The molecule has 0 fully saturated rings. The van der Waals surface area contributed by atoms with Crippen molar-refractivity contribution in [1.29, 1.82) is 0 Å². The summed E-state index contributed by atoms with van der Waals surface area (Å²) in [5.74, 6) is 0.383. The van der Waals surface area contributed by atoms with Crippen molar-refractivity contribution < 1.29 is 19.1 Å². The van der Waals surface area contributed by atoms with E-state index in [1.54, 1.807) is 36.4 Å². The Hall–Kier alpha value is -3.18. The highest BCUT2D eigenvalue weighted by molar-refractivity contribution is 7.12. The molecular formula is C21H14O4S. The number of rotatable bonds is 3. The van der Waals surface area contributed by atoms with Crippen LogP contribution in [0.5, 0.6) is 11.5 Å². The van der Waals surface area contributed by atoms with Gasteiger partial charge in [0.05, 0.1) is 5.56 Å². The van der Waals surface area contributed by atoms with Crippen molar-refractivity contribution >= 4 is 29.2 Å². The maximum atomic E-state index is 12.5. The van der Waals surface area contributed by atoms with Crippen LogP contribution in [0.1, 0.15) is 31.2 Å². The molecule has 26 heavy (non-hydrogen) atoms. The van der Waals surface area contributed by atoms with Crippen molar-refractivity contribution in [3.05, 3.63) is 87.3 Å². The Labute approximate surface area is 154 Å². The van der Waals surface area contributed by atoms with Gasteiger partial charge in [-0.15, -0.1) is 11.3 Å². The lowest BCUT2D eigenvalue weighted by Gasteiger charge is -2.04. The molecular weight excluding hydrogens is 348 g/mol. The molecule has 0 atom stereocenters. The summed E-state index contributed by atoms with van der Waals surface area (Å²) in [4.78, 5) is 25.1. The number of esters is 1. The quantitative estimate of drug-likeness (QED) is 0.378. The number of hydrogen-bond donors (Lipinski definition) is 0. The van der Waals surface area contributed by atoms with E-state index >= 15 is 0 Å². The molecule has 0 spiro atoms. The minimum atomic E-state index is -0.431. The van der Waals surface area contributed by atoms with Gasteiger partial charge < -0.3 is 9.47 Å². The minimum absolute atomic E-state index is 0.181. The Morgan fingerprint density at radius 2 is 1.96 bits per heavy atom. The number of carbonyl (C=O) groups excluding carboxylic acids is 2. The minimum Gasteiger partial charge on any atom is -0.452 e. The van der Waals surface area contributed by atoms with Gasteiger partial charge in [0.25, 0.3) is 0 Å². The normalized spacial score (nSPS) is 14.2. The maximum Gasteiger partial charge on any atom is 0.353 e. The van der Waals surface area contributed by atoms with Gasteiger partial charge in [-0.3, -0.25) is 4.79 Å². The monoisotopic (exact) mass is 362 g/mol. The van der Waals surface area contributed by atoms with Gasteiger partial charge in [0.1, 0.15) is 16.4 Å². The zero-order valence-corrected chi connectivity index (χ0v) is 14.7. The number of ether oxygens (including phenoxy) is 2. The number of aryl methyl sites for hydroxylation is 1. The second kappa shape index (κ2) is 6.61. The van der Waals surface area contributed by atoms with Crippen molar-refractivity contribution in [2.75, 3.05) is 0 Å². The van der Waals surface area contributed by atoms with E-state index in [-0.39, 0.29) is 11.5 Å². The first-order valence-electron chi connectivity index (χ1n) is 8.01. The van der Waals surface area contributed by atoms with Gasteiger partial charge in [-0.25, -0.2) is 4.79 Å². The van der Waals surface area contributed by atoms with Gasteiger partial charge >= 0.3 is 5.97 Å². The number of allylic oxidation sites excluding steroid dienone is 1. The van der Waals surface area contributed by atoms with E-state index in [9.17, 15) is 9.59 Å².